The average Bonchev–Trinajstić information content (AvgIpc) is 2.75. The van der Waals surface area contributed by atoms with E-state index in [1.54, 1.807) is 0 Å². The highest BCUT2D eigenvalue weighted by Gasteiger charge is 2.07. The first kappa shape index (κ1) is 11.8. The van der Waals surface area contributed by atoms with Crippen molar-refractivity contribution in [3.8, 4) is 0 Å². The van der Waals surface area contributed by atoms with Gasteiger partial charge in [-0.15, -0.1) is 0 Å². The highest BCUT2D eigenvalue weighted by Crippen LogP contribution is 2.20. The number of aromatic nitrogens is 1. The number of nitrogens with zero attached hydrogens (tertiary/aromatic N) is 1. The largest absolute Gasteiger partial charge is 0.440 e. The molecule has 3 heteroatoms. The van der Waals surface area contributed by atoms with Gasteiger partial charge >= 0.3 is 0 Å². The van der Waals surface area contributed by atoms with E-state index < -0.39 is 0 Å². The Kier molecular flexibility index (Phi) is 2.75. The first-order chi connectivity index (χ1) is 9.11. The molecule has 0 aliphatic heterocycles. The van der Waals surface area contributed by atoms with Gasteiger partial charge < -0.3 is 10.2 Å². The molecule has 0 saturated carbocycles. The van der Waals surface area contributed by atoms with E-state index in [2.05, 4.69) is 37.0 Å². The number of hydrogen-bond acceptors (Lipinski definition) is 3. The second kappa shape index (κ2) is 4.43. The Labute approximate surface area is 112 Å². The van der Waals surface area contributed by atoms with E-state index in [-0.39, 0.29) is 0 Å². The van der Waals surface area contributed by atoms with Crippen molar-refractivity contribution in [2.45, 2.75) is 20.3 Å². The van der Waals surface area contributed by atoms with E-state index in [0.29, 0.717) is 12.1 Å². The molecule has 0 aliphatic rings. The molecule has 96 valence electrons. The molecule has 0 aliphatic carbocycles. The van der Waals surface area contributed by atoms with Crippen LogP contribution in [0.4, 0.5) is 5.69 Å². The van der Waals surface area contributed by atoms with Gasteiger partial charge in [0.2, 0.25) is 0 Å². The molecule has 19 heavy (non-hydrogen) atoms. The van der Waals surface area contributed by atoms with Crippen molar-refractivity contribution in [1.82, 2.24) is 4.98 Å². The maximum absolute atomic E-state index is 5.74. The van der Waals surface area contributed by atoms with Gasteiger partial charge in [0.25, 0.3) is 0 Å². The zero-order valence-corrected chi connectivity index (χ0v) is 11.1. The minimum Gasteiger partial charge on any atom is -0.440 e. The highest BCUT2D eigenvalue weighted by atomic mass is 16.3. The lowest BCUT2D eigenvalue weighted by Gasteiger charge is -2.02. The van der Waals surface area contributed by atoms with Crippen molar-refractivity contribution in [3.63, 3.8) is 0 Å². The van der Waals surface area contributed by atoms with Crippen molar-refractivity contribution < 1.29 is 4.42 Å². The summed E-state index contributed by atoms with van der Waals surface area (Å²) in [5.41, 5.74) is 11.9. The van der Waals surface area contributed by atoms with Crippen molar-refractivity contribution in [1.29, 1.82) is 0 Å². The van der Waals surface area contributed by atoms with E-state index in [4.69, 9.17) is 10.2 Å². The number of rotatable bonds is 2. The fourth-order valence-corrected chi connectivity index (χ4v) is 2.16. The van der Waals surface area contributed by atoms with Crippen LogP contribution < -0.4 is 5.73 Å². The first-order valence-electron chi connectivity index (χ1n) is 6.33. The van der Waals surface area contributed by atoms with Crippen LogP contribution in [0, 0.1) is 13.8 Å². The van der Waals surface area contributed by atoms with Gasteiger partial charge in [-0.05, 0) is 48.7 Å². The molecule has 0 saturated heterocycles. The summed E-state index contributed by atoms with van der Waals surface area (Å²) in [6.07, 6.45) is 0.704. The topological polar surface area (TPSA) is 52.0 Å². The molecule has 1 aromatic heterocycles. The molecule has 3 nitrogen and oxygen atoms in total. The second-order valence-corrected chi connectivity index (χ2v) is 4.93. The van der Waals surface area contributed by atoms with Crippen LogP contribution in [0.5, 0.6) is 0 Å². The van der Waals surface area contributed by atoms with E-state index >= 15 is 0 Å². The first-order valence-corrected chi connectivity index (χ1v) is 6.33. The minimum atomic E-state index is 0.704. The van der Waals surface area contributed by atoms with Gasteiger partial charge in [0.15, 0.2) is 11.5 Å². The third-order valence-electron chi connectivity index (χ3n) is 3.38. The summed E-state index contributed by atoms with van der Waals surface area (Å²) in [4.78, 5) is 4.47. The third-order valence-corrected chi connectivity index (χ3v) is 3.38. The fraction of sp³-hybridized carbons (Fsp3) is 0.188. The normalized spacial score (nSPS) is 11.1. The van der Waals surface area contributed by atoms with E-state index in [1.807, 2.05) is 18.2 Å². The number of benzene rings is 2. The maximum atomic E-state index is 5.74. The zero-order valence-electron chi connectivity index (χ0n) is 11.1. The van der Waals surface area contributed by atoms with Crippen LogP contribution >= 0.6 is 0 Å². The molecule has 0 atom stereocenters. The number of nitrogen functional groups attached to an aromatic ring is 1. The summed E-state index contributed by atoms with van der Waals surface area (Å²) < 4.78 is 5.73. The van der Waals surface area contributed by atoms with Crippen molar-refractivity contribution in [2.24, 2.45) is 0 Å². The van der Waals surface area contributed by atoms with Gasteiger partial charge in [-0.25, -0.2) is 4.98 Å². The molecule has 2 N–H and O–H groups in total. The molecule has 0 radical (unpaired) electrons. The van der Waals surface area contributed by atoms with Gasteiger partial charge in [0.05, 0.1) is 0 Å². The molecule has 0 fully saturated rings. The summed E-state index contributed by atoms with van der Waals surface area (Å²) in [6, 6.07) is 12.0. The van der Waals surface area contributed by atoms with Crippen LogP contribution in [0.1, 0.15) is 22.6 Å². The molecule has 2 aromatic carbocycles. The molecular weight excluding hydrogens is 236 g/mol. The number of anilines is 1. The number of oxazole rings is 1. The summed E-state index contributed by atoms with van der Waals surface area (Å²) in [6.45, 7) is 4.23. The van der Waals surface area contributed by atoms with Gasteiger partial charge in [0.1, 0.15) is 5.52 Å². The predicted octanol–water partition coefficient (Wildman–Crippen LogP) is 3.62. The molecule has 0 amide bonds. The summed E-state index contributed by atoms with van der Waals surface area (Å²) in [5, 5.41) is 0. The van der Waals surface area contributed by atoms with E-state index in [9.17, 15) is 0 Å². The molecule has 3 aromatic rings. The quantitative estimate of drug-likeness (QED) is 0.709. The van der Waals surface area contributed by atoms with Gasteiger partial charge in [-0.2, -0.15) is 0 Å². The lowest BCUT2D eigenvalue weighted by atomic mass is 10.0. The van der Waals surface area contributed by atoms with Crippen molar-refractivity contribution in [2.75, 3.05) is 5.73 Å². The number of aryl methyl sites for hydroxylation is 2. The maximum Gasteiger partial charge on any atom is 0.199 e. The Balaban J connectivity index is 1.94. The van der Waals surface area contributed by atoms with Crippen LogP contribution in [-0.2, 0) is 6.42 Å². The Bertz CT molecular complexity index is 744. The molecule has 0 unspecified atom stereocenters. The van der Waals surface area contributed by atoms with Crippen LogP contribution in [0.15, 0.2) is 40.8 Å². The lowest BCUT2D eigenvalue weighted by molar-refractivity contribution is 0.544. The Morgan fingerprint density at radius 2 is 1.89 bits per heavy atom. The Hall–Kier alpha value is -2.29. The van der Waals surface area contributed by atoms with Crippen LogP contribution in [0.2, 0.25) is 0 Å². The summed E-state index contributed by atoms with van der Waals surface area (Å²) in [5.74, 6) is 0.726. The standard InChI is InChI=1S/C16H16N2O/c1-10-3-4-12(7-11(10)2)8-16-18-14-9-13(17)5-6-15(14)19-16/h3-7,9H,8,17H2,1-2H3. The van der Waals surface area contributed by atoms with Gasteiger partial charge in [-0.1, -0.05) is 18.2 Å². The monoisotopic (exact) mass is 252 g/mol. The Morgan fingerprint density at radius 3 is 2.68 bits per heavy atom. The van der Waals surface area contributed by atoms with Crippen LogP contribution in [0.3, 0.4) is 0 Å². The third kappa shape index (κ3) is 2.32. The van der Waals surface area contributed by atoms with E-state index in [0.717, 1.165) is 17.0 Å². The van der Waals surface area contributed by atoms with Crippen LogP contribution in [-0.4, -0.2) is 4.98 Å². The molecule has 3 rings (SSSR count). The molecule has 0 spiro atoms. The SMILES string of the molecule is Cc1ccc(Cc2nc3cc(N)ccc3o2)cc1C. The lowest BCUT2D eigenvalue weighted by Crippen LogP contribution is -1.90. The predicted molar refractivity (Wildman–Crippen MR) is 77.1 cm³/mol. The van der Waals surface area contributed by atoms with Crippen molar-refractivity contribution in [3.05, 3.63) is 59.0 Å². The fourth-order valence-electron chi connectivity index (χ4n) is 2.16. The smallest absolute Gasteiger partial charge is 0.199 e. The van der Waals surface area contributed by atoms with Gasteiger partial charge in [0, 0.05) is 12.1 Å². The number of nitrogens with two attached hydrogens (primary N) is 1. The zero-order chi connectivity index (χ0) is 13.4. The van der Waals surface area contributed by atoms with Gasteiger partial charge in [-0.3, -0.25) is 0 Å². The molecule has 0 bridgehead atoms. The molecule has 1 heterocycles. The van der Waals surface area contributed by atoms with Crippen LogP contribution in [0.25, 0.3) is 11.1 Å². The highest BCUT2D eigenvalue weighted by molar-refractivity contribution is 5.76. The summed E-state index contributed by atoms with van der Waals surface area (Å²) >= 11 is 0. The molecular formula is C16H16N2O. The second-order valence-electron chi connectivity index (χ2n) is 4.93. The average molecular weight is 252 g/mol. The van der Waals surface area contributed by atoms with E-state index in [1.165, 1.54) is 16.7 Å². The number of fused-ring (bicyclic) bond motifs is 1. The summed E-state index contributed by atoms with van der Waals surface area (Å²) in [7, 11) is 0. The Morgan fingerprint density at radius 1 is 1.05 bits per heavy atom. The minimum absolute atomic E-state index is 0.704. The number of hydrogen-bond donors (Lipinski definition) is 1. The van der Waals surface area contributed by atoms with Crippen molar-refractivity contribution >= 4 is 16.8 Å².